The molecule has 1 N–H and O–H groups in total. The highest BCUT2D eigenvalue weighted by Crippen LogP contribution is 2.38. The number of methoxy groups -OCH3 is 1. The van der Waals surface area contributed by atoms with E-state index in [1.165, 1.54) is 42.1 Å². The fourth-order valence-corrected chi connectivity index (χ4v) is 6.90. The second-order valence-electron chi connectivity index (χ2n) is 10.6. The van der Waals surface area contributed by atoms with E-state index in [1.807, 2.05) is 24.4 Å². The highest BCUT2D eigenvalue weighted by molar-refractivity contribution is 7.91. The van der Waals surface area contributed by atoms with E-state index in [4.69, 9.17) is 30.8 Å². The van der Waals surface area contributed by atoms with Crippen LogP contribution in [0.15, 0.2) is 95.7 Å². The molecule has 1 unspecified atom stereocenters. The molecule has 0 radical (unpaired) electrons. The van der Waals surface area contributed by atoms with Gasteiger partial charge in [-0.15, -0.1) is 11.3 Å². The first kappa shape index (κ1) is 33.2. The van der Waals surface area contributed by atoms with Crippen molar-refractivity contribution in [1.29, 1.82) is 0 Å². The van der Waals surface area contributed by atoms with Gasteiger partial charge in [0.15, 0.2) is 14.9 Å². The molecule has 14 heteroatoms. The topological polar surface area (TPSA) is 125 Å². The number of hydrogen-bond donors (Lipinski definition) is 1. The van der Waals surface area contributed by atoms with Gasteiger partial charge in [0.1, 0.15) is 47.2 Å². The number of sulfone groups is 1. The van der Waals surface area contributed by atoms with Crippen LogP contribution in [0.25, 0.3) is 22.2 Å². The number of halogens is 2. The van der Waals surface area contributed by atoms with Crippen LogP contribution in [-0.4, -0.2) is 47.8 Å². The van der Waals surface area contributed by atoms with Crippen molar-refractivity contribution < 1.29 is 27.0 Å². The van der Waals surface area contributed by atoms with Gasteiger partial charge in [0, 0.05) is 34.3 Å². The van der Waals surface area contributed by atoms with E-state index in [0.29, 0.717) is 49.8 Å². The Kier molecular flexibility index (Phi) is 10.1. The second kappa shape index (κ2) is 14.6. The van der Waals surface area contributed by atoms with Crippen LogP contribution in [0.3, 0.4) is 0 Å². The summed E-state index contributed by atoms with van der Waals surface area (Å²) in [4.78, 5) is 17.6. The van der Waals surface area contributed by atoms with Crippen LogP contribution in [0.1, 0.15) is 23.6 Å². The second-order valence-corrected chi connectivity index (χ2v) is 13.9. The highest BCUT2D eigenvalue weighted by Gasteiger charge is 2.20. The van der Waals surface area contributed by atoms with Crippen LogP contribution in [0.2, 0.25) is 5.02 Å². The lowest BCUT2D eigenvalue weighted by molar-refractivity contribution is 0.0775. The van der Waals surface area contributed by atoms with Gasteiger partial charge in [-0.3, -0.25) is 0 Å². The summed E-state index contributed by atoms with van der Waals surface area (Å²) in [5.41, 5.74) is 3.38. The zero-order valence-electron chi connectivity index (χ0n) is 25.8. The molecule has 10 nitrogen and oxygen atoms in total. The van der Waals surface area contributed by atoms with E-state index in [2.05, 4.69) is 20.3 Å². The molecular weight excluding hydrogens is 677 g/mol. The minimum Gasteiger partial charge on any atom is -0.496 e. The summed E-state index contributed by atoms with van der Waals surface area (Å²) >= 11 is 7.93. The van der Waals surface area contributed by atoms with Crippen molar-refractivity contribution in [2.24, 2.45) is 0 Å². The lowest BCUT2D eigenvalue weighted by atomic mass is 10.1. The molecule has 0 fully saturated rings. The maximum absolute atomic E-state index is 13.5. The van der Waals surface area contributed by atoms with E-state index >= 15 is 0 Å². The maximum atomic E-state index is 13.5. The average Bonchev–Trinajstić information content (AvgIpc) is 3.58. The standard InChI is InChI=1S/C34H29ClFN5O5S2/c1-21(45-12-13-48(42,43)32-8-3-4-11-37-32)34-41-29(19-47-34)25-16-26-28(17-31(25)44-2)38-20-39-33(26)40-24-9-10-30(27(35)15-24)46-18-22-6-5-7-23(36)14-22/h3-11,14-17,19-21H,12-13,18H2,1-2H3,(H,38,39,40). The van der Waals surface area contributed by atoms with Gasteiger partial charge in [0.05, 0.1) is 35.7 Å². The lowest BCUT2D eigenvalue weighted by Gasteiger charge is -2.14. The van der Waals surface area contributed by atoms with Gasteiger partial charge in [0.2, 0.25) is 0 Å². The van der Waals surface area contributed by atoms with Crippen LogP contribution >= 0.6 is 22.9 Å². The summed E-state index contributed by atoms with van der Waals surface area (Å²) < 4.78 is 56.0. The Morgan fingerprint density at radius 2 is 1.88 bits per heavy atom. The van der Waals surface area contributed by atoms with Crippen molar-refractivity contribution >= 4 is 55.2 Å². The molecule has 0 bridgehead atoms. The molecule has 0 aliphatic carbocycles. The smallest absolute Gasteiger partial charge is 0.197 e. The number of fused-ring (bicyclic) bond motifs is 1. The van der Waals surface area contributed by atoms with Crippen molar-refractivity contribution in [2.75, 3.05) is 24.8 Å². The van der Waals surface area contributed by atoms with Gasteiger partial charge < -0.3 is 19.5 Å². The van der Waals surface area contributed by atoms with Crippen molar-refractivity contribution in [1.82, 2.24) is 19.9 Å². The Labute approximate surface area is 285 Å². The number of pyridine rings is 1. The lowest BCUT2D eigenvalue weighted by Crippen LogP contribution is -2.15. The van der Waals surface area contributed by atoms with E-state index in [-0.39, 0.29) is 29.8 Å². The van der Waals surface area contributed by atoms with Crippen molar-refractivity contribution in [3.05, 3.63) is 112 Å². The van der Waals surface area contributed by atoms with Gasteiger partial charge in [-0.05, 0) is 61.0 Å². The Hall–Kier alpha value is -4.69. The summed E-state index contributed by atoms with van der Waals surface area (Å²) in [5.74, 6) is 1.03. The number of thiazole rings is 1. The monoisotopic (exact) mass is 705 g/mol. The number of anilines is 2. The van der Waals surface area contributed by atoms with Crippen LogP contribution in [0.5, 0.6) is 11.5 Å². The summed E-state index contributed by atoms with van der Waals surface area (Å²) in [6.07, 6.45) is 2.46. The highest BCUT2D eigenvalue weighted by atomic mass is 35.5. The van der Waals surface area contributed by atoms with Crippen LogP contribution in [-0.2, 0) is 21.2 Å². The molecule has 1 atom stereocenters. The molecule has 6 rings (SSSR count). The Bertz CT molecular complexity index is 2170. The predicted molar refractivity (Wildman–Crippen MR) is 183 cm³/mol. The number of nitrogens with zero attached hydrogens (tertiary/aromatic N) is 4. The Morgan fingerprint density at radius 1 is 1.00 bits per heavy atom. The summed E-state index contributed by atoms with van der Waals surface area (Å²) in [6.45, 7) is 1.99. The molecule has 0 amide bonds. The van der Waals surface area contributed by atoms with Crippen molar-refractivity contribution in [3.8, 4) is 22.8 Å². The fourth-order valence-electron chi connectivity index (χ4n) is 4.81. The maximum Gasteiger partial charge on any atom is 0.197 e. The van der Waals surface area contributed by atoms with E-state index < -0.39 is 15.9 Å². The zero-order chi connectivity index (χ0) is 33.7. The first-order valence-corrected chi connectivity index (χ1v) is 17.6. The number of benzene rings is 3. The third-order valence-corrected chi connectivity index (χ3v) is 10.1. The Morgan fingerprint density at radius 3 is 2.65 bits per heavy atom. The molecule has 0 saturated heterocycles. The largest absolute Gasteiger partial charge is 0.496 e. The molecule has 0 spiro atoms. The minimum absolute atomic E-state index is 0.00915. The van der Waals surface area contributed by atoms with E-state index in [0.717, 1.165) is 10.9 Å². The normalized spacial score (nSPS) is 12.2. The number of ether oxygens (including phenoxy) is 3. The number of rotatable bonds is 13. The molecule has 3 aromatic heterocycles. The first-order valence-electron chi connectivity index (χ1n) is 14.7. The number of aromatic nitrogens is 4. The van der Waals surface area contributed by atoms with Gasteiger partial charge in [0.25, 0.3) is 0 Å². The first-order chi connectivity index (χ1) is 23.2. The van der Waals surface area contributed by atoms with Gasteiger partial charge >= 0.3 is 0 Å². The summed E-state index contributed by atoms with van der Waals surface area (Å²) in [5, 5.41) is 6.99. The SMILES string of the molecule is COc1cc2ncnc(Nc3ccc(OCc4cccc(F)c4)c(Cl)c3)c2cc1-c1csc(C(C)OCCS(=O)(=O)c2ccccn2)n1. The Balaban J connectivity index is 1.18. The number of hydrogen-bond acceptors (Lipinski definition) is 11. The third-order valence-electron chi connectivity index (χ3n) is 7.26. The average molecular weight is 706 g/mol. The molecular formula is C34H29ClFN5O5S2. The zero-order valence-corrected chi connectivity index (χ0v) is 28.2. The van der Waals surface area contributed by atoms with Crippen LogP contribution < -0.4 is 14.8 Å². The molecule has 0 saturated carbocycles. The molecule has 48 heavy (non-hydrogen) atoms. The molecule has 6 aromatic rings. The van der Waals surface area contributed by atoms with Gasteiger partial charge in [-0.1, -0.05) is 29.8 Å². The summed E-state index contributed by atoms with van der Waals surface area (Å²) in [7, 11) is -1.99. The quantitative estimate of drug-likeness (QED) is 0.127. The van der Waals surface area contributed by atoms with Crippen molar-refractivity contribution in [2.45, 2.75) is 24.7 Å². The molecule has 0 aliphatic heterocycles. The van der Waals surface area contributed by atoms with E-state index in [1.54, 1.807) is 49.6 Å². The molecule has 3 heterocycles. The number of nitrogens with one attached hydrogen (secondary N) is 1. The third kappa shape index (κ3) is 7.71. The van der Waals surface area contributed by atoms with E-state index in [9.17, 15) is 12.8 Å². The van der Waals surface area contributed by atoms with Gasteiger partial charge in [-0.2, -0.15) is 0 Å². The predicted octanol–water partition coefficient (Wildman–Crippen LogP) is 7.82. The minimum atomic E-state index is -3.56. The van der Waals surface area contributed by atoms with Crippen LogP contribution in [0, 0.1) is 5.82 Å². The molecule has 0 aliphatic rings. The summed E-state index contributed by atoms with van der Waals surface area (Å²) in [6, 6.07) is 19.9. The van der Waals surface area contributed by atoms with Gasteiger partial charge in [-0.25, -0.2) is 32.7 Å². The van der Waals surface area contributed by atoms with Crippen molar-refractivity contribution in [3.63, 3.8) is 0 Å². The van der Waals surface area contributed by atoms with Crippen LogP contribution in [0.4, 0.5) is 15.9 Å². The molecule has 246 valence electrons. The fraction of sp³-hybridized carbons (Fsp3) is 0.176. The molecule has 3 aromatic carbocycles.